The molecule has 1 aliphatic heterocycles. The van der Waals surface area contributed by atoms with Crippen LogP contribution in [0.5, 0.6) is 5.75 Å². The van der Waals surface area contributed by atoms with Crippen LogP contribution >= 0.6 is 22.6 Å². The molecule has 0 atom stereocenters. The SMILES string of the molecule is COc1ccc(CCCN2CCN(C)CC2)cc1I. The second-order valence-electron chi connectivity index (χ2n) is 5.22. The summed E-state index contributed by atoms with van der Waals surface area (Å²) in [4.78, 5) is 4.98. The summed E-state index contributed by atoms with van der Waals surface area (Å²) >= 11 is 2.34. The van der Waals surface area contributed by atoms with Crippen LogP contribution in [0.4, 0.5) is 0 Å². The quantitative estimate of drug-likeness (QED) is 0.737. The van der Waals surface area contributed by atoms with E-state index in [9.17, 15) is 0 Å². The Morgan fingerprint density at radius 2 is 1.95 bits per heavy atom. The Hall–Kier alpha value is -0.330. The van der Waals surface area contributed by atoms with E-state index in [-0.39, 0.29) is 0 Å². The van der Waals surface area contributed by atoms with Crippen LogP contribution in [-0.2, 0) is 6.42 Å². The van der Waals surface area contributed by atoms with E-state index in [1.807, 2.05) is 0 Å². The van der Waals surface area contributed by atoms with E-state index >= 15 is 0 Å². The monoisotopic (exact) mass is 374 g/mol. The van der Waals surface area contributed by atoms with Gasteiger partial charge in [0, 0.05) is 26.2 Å². The molecule has 0 N–H and O–H groups in total. The van der Waals surface area contributed by atoms with Crippen molar-refractivity contribution < 1.29 is 4.74 Å². The Morgan fingerprint density at radius 3 is 2.58 bits per heavy atom. The fourth-order valence-corrected chi connectivity index (χ4v) is 3.24. The minimum Gasteiger partial charge on any atom is -0.496 e. The molecule has 0 radical (unpaired) electrons. The Kier molecular flexibility index (Phi) is 5.91. The van der Waals surface area contributed by atoms with E-state index < -0.39 is 0 Å². The van der Waals surface area contributed by atoms with Gasteiger partial charge in [0.2, 0.25) is 0 Å². The first-order chi connectivity index (χ1) is 9.19. The molecule has 0 amide bonds. The Morgan fingerprint density at radius 1 is 1.21 bits per heavy atom. The first kappa shape index (κ1) is 15.1. The average Bonchev–Trinajstić information content (AvgIpc) is 2.41. The fraction of sp³-hybridized carbons (Fsp3) is 0.600. The van der Waals surface area contributed by atoms with Gasteiger partial charge in [-0.15, -0.1) is 0 Å². The number of methoxy groups -OCH3 is 1. The number of piperazine rings is 1. The lowest BCUT2D eigenvalue weighted by atomic mass is 10.1. The van der Waals surface area contributed by atoms with Gasteiger partial charge in [0.1, 0.15) is 5.75 Å². The number of rotatable bonds is 5. The normalized spacial score (nSPS) is 17.6. The van der Waals surface area contributed by atoms with Gasteiger partial charge in [-0.25, -0.2) is 0 Å². The molecule has 2 rings (SSSR count). The van der Waals surface area contributed by atoms with Crippen LogP contribution in [0, 0.1) is 3.57 Å². The number of halogens is 1. The Bertz CT molecular complexity index is 403. The summed E-state index contributed by atoms with van der Waals surface area (Å²) < 4.78 is 6.50. The van der Waals surface area contributed by atoms with E-state index in [0.717, 1.165) is 12.2 Å². The number of nitrogens with zero attached hydrogens (tertiary/aromatic N) is 2. The van der Waals surface area contributed by atoms with Gasteiger partial charge >= 0.3 is 0 Å². The van der Waals surface area contributed by atoms with Crippen LogP contribution in [0.1, 0.15) is 12.0 Å². The van der Waals surface area contributed by atoms with Crippen molar-refractivity contribution >= 4 is 22.6 Å². The molecule has 19 heavy (non-hydrogen) atoms. The van der Waals surface area contributed by atoms with Gasteiger partial charge in [0.05, 0.1) is 10.7 Å². The summed E-state index contributed by atoms with van der Waals surface area (Å²) in [5, 5.41) is 0. The number of likely N-dealkylation sites (N-methyl/N-ethyl adjacent to an activating group) is 1. The highest BCUT2D eigenvalue weighted by atomic mass is 127. The Balaban J connectivity index is 1.75. The zero-order valence-electron chi connectivity index (χ0n) is 11.9. The molecule has 3 nitrogen and oxygen atoms in total. The summed E-state index contributed by atoms with van der Waals surface area (Å²) in [6.45, 7) is 6.07. The predicted molar refractivity (Wildman–Crippen MR) is 88.0 cm³/mol. The minimum atomic E-state index is 0.975. The van der Waals surface area contributed by atoms with Gasteiger partial charge in [-0.3, -0.25) is 0 Å². The maximum Gasteiger partial charge on any atom is 0.132 e. The zero-order chi connectivity index (χ0) is 13.7. The van der Waals surface area contributed by atoms with Gasteiger partial charge in [0.25, 0.3) is 0 Å². The lowest BCUT2D eigenvalue weighted by Gasteiger charge is -2.32. The Labute approximate surface area is 130 Å². The third-order valence-corrected chi connectivity index (χ3v) is 4.59. The number of aryl methyl sites for hydroxylation is 1. The summed E-state index contributed by atoms with van der Waals surface area (Å²) in [7, 11) is 3.93. The van der Waals surface area contributed by atoms with Crippen molar-refractivity contribution in [2.45, 2.75) is 12.8 Å². The molecule has 0 saturated carbocycles. The summed E-state index contributed by atoms with van der Waals surface area (Å²) in [6, 6.07) is 6.50. The van der Waals surface area contributed by atoms with E-state index in [1.54, 1.807) is 7.11 Å². The van der Waals surface area contributed by atoms with Gasteiger partial charge in [0.15, 0.2) is 0 Å². The molecular weight excluding hydrogens is 351 g/mol. The lowest BCUT2D eigenvalue weighted by Crippen LogP contribution is -2.44. The smallest absolute Gasteiger partial charge is 0.132 e. The topological polar surface area (TPSA) is 15.7 Å². The second kappa shape index (κ2) is 7.45. The van der Waals surface area contributed by atoms with Crippen molar-refractivity contribution in [2.24, 2.45) is 0 Å². The minimum absolute atomic E-state index is 0.975. The van der Waals surface area contributed by atoms with Crippen LogP contribution in [0.15, 0.2) is 18.2 Å². The van der Waals surface area contributed by atoms with E-state index in [1.165, 1.54) is 48.3 Å². The molecule has 1 aliphatic rings. The third kappa shape index (κ3) is 4.61. The van der Waals surface area contributed by atoms with Crippen molar-refractivity contribution in [2.75, 3.05) is 46.9 Å². The van der Waals surface area contributed by atoms with Crippen LogP contribution in [0.2, 0.25) is 0 Å². The molecule has 1 saturated heterocycles. The van der Waals surface area contributed by atoms with Gasteiger partial charge in [-0.2, -0.15) is 0 Å². The highest BCUT2D eigenvalue weighted by molar-refractivity contribution is 14.1. The molecule has 0 bridgehead atoms. The van der Waals surface area contributed by atoms with Crippen molar-refractivity contribution in [3.05, 3.63) is 27.3 Å². The number of ether oxygens (including phenoxy) is 1. The third-order valence-electron chi connectivity index (χ3n) is 3.75. The molecule has 0 aliphatic carbocycles. The van der Waals surface area contributed by atoms with E-state index in [4.69, 9.17) is 4.74 Å². The first-order valence-electron chi connectivity index (χ1n) is 6.92. The molecule has 1 aromatic rings. The van der Waals surface area contributed by atoms with Crippen LogP contribution < -0.4 is 4.74 Å². The van der Waals surface area contributed by atoms with Crippen molar-refractivity contribution in [3.8, 4) is 5.75 Å². The van der Waals surface area contributed by atoms with Crippen molar-refractivity contribution in [1.82, 2.24) is 9.80 Å². The van der Waals surface area contributed by atoms with Gasteiger partial charge in [-0.1, -0.05) is 6.07 Å². The molecule has 0 spiro atoms. The van der Waals surface area contributed by atoms with Gasteiger partial charge in [-0.05, 0) is 66.7 Å². The van der Waals surface area contributed by atoms with Crippen LogP contribution in [0.3, 0.4) is 0 Å². The molecule has 0 aromatic heterocycles. The van der Waals surface area contributed by atoms with Gasteiger partial charge < -0.3 is 14.5 Å². The maximum atomic E-state index is 5.29. The van der Waals surface area contributed by atoms with Crippen LogP contribution in [0.25, 0.3) is 0 Å². The molecule has 1 fully saturated rings. The number of hydrogen-bond donors (Lipinski definition) is 0. The van der Waals surface area contributed by atoms with Crippen LogP contribution in [-0.4, -0.2) is 56.7 Å². The molecule has 1 heterocycles. The summed E-state index contributed by atoms with van der Waals surface area (Å²) in [5.41, 5.74) is 1.42. The maximum absolute atomic E-state index is 5.29. The molecule has 106 valence electrons. The number of benzene rings is 1. The predicted octanol–water partition coefficient (Wildman–Crippen LogP) is 2.48. The molecule has 4 heteroatoms. The van der Waals surface area contributed by atoms with Crippen molar-refractivity contribution in [1.29, 1.82) is 0 Å². The summed E-state index contributed by atoms with van der Waals surface area (Å²) in [6.07, 6.45) is 2.40. The van der Waals surface area contributed by atoms with E-state index in [2.05, 4.69) is 57.6 Å². The zero-order valence-corrected chi connectivity index (χ0v) is 14.0. The molecule has 1 aromatic carbocycles. The van der Waals surface area contributed by atoms with E-state index in [0.29, 0.717) is 0 Å². The second-order valence-corrected chi connectivity index (χ2v) is 6.38. The largest absolute Gasteiger partial charge is 0.496 e. The molecular formula is C15H23IN2O. The lowest BCUT2D eigenvalue weighted by molar-refractivity contribution is 0.153. The highest BCUT2D eigenvalue weighted by Crippen LogP contribution is 2.22. The molecule has 0 unspecified atom stereocenters. The summed E-state index contributed by atoms with van der Waals surface area (Å²) in [5.74, 6) is 0.975. The highest BCUT2D eigenvalue weighted by Gasteiger charge is 2.12. The fourth-order valence-electron chi connectivity index (χ4n) is 2.44. The first-order valence-corrected chi connectivity index (χ1v) is 8.00. The number of hydrogen-bond acceptors (Lipinski definition) is 3. The average molecular weight is 374 g/mol. The van der Waals surface area contributed by atoms with Crippen molar-refractivity contribution in [3.63, 3.8) is 0 Å². The standard InChI is InChI=1S/C15H23IN2O/c1-17-8-10-18(11-9-17)7-3-4-13-5-6-15(19-2)14(16)12-13/h5-6,12H,3-4,7-11H2,1-2H3.